The Kier molecular flexibility index (Phi) is 8.80. The van der Waals surface area contributed by atoms with E-state index in [0.717, 1.165) is 17.7 Å². The highest BCUT2D eigenvalue weighted by atomic mass is 19.4. The molecule has 2 amide bonds. The number of alkyl halides is 3. The maximum absolute atomic E-state index is 12.6. The van der Waals surface area contributed by atoms with Gasteiger partial charge in [0.25, 0.3) is 5.91 Å². The number of benzene rings is 2. The van der Waals surface area contributed by atoms with Gasteiger partial charge >= 0.3 is 12.1 Å². The van der Waals surface area contributed by atoms with Gasteiger partial charge in [0, 0.05) is 12.2 Å². The number of nitrogens with zero attached hydrogens (tertiary/aromatic N) is 1. The fraction of sp³-hybridized carbons (Fsp3) is 0.348. The lowest BCUT2D eigenvalue weighted by molar-refractivity contribution is -0.151. The molecule has 2 aromatic carbocycles. The number of nitrogens with one attached hydrogen (secondary N) is 1. The highest BCUT2D eigenvalue weighted by molar-refractivity contribution is 5.95. The molecule has 0 aliphatic heterocycles. The second-order valence-electron chi connectivity index (χ2n) is 7.21. The number of carbonyl (C=O) groups excluding carboxylic acids is 3. The van der Waals surface area contributed by atoms with Crippen LogP contribution in [0.5, 0.6) is 0 Å². The van der Waals surface area contributed by atoms with Crippen LogP contribution in [0.4, 0.5) is 18.9 Å². The lowest BCUT2D eigenvalue weighted by Crippen LogP contribution is -2.41. The van der Waals surface area contributed by atoms with Crippen LogP contribution in [0.1, 0.15) is 30.0 Å². The molecule has 0 saturated heterocycles. The van der Waals surface area contributed by atoms with Crippen LogP contribution in [0, 0.1) is 6.92 Å². The van der Waals surface area contributed by atoms with E-state index in [0.29, 0.717) is 24.2 Å². The van der Waals surface area contributed by atoms with Gasteiger partial charge in [0.05, 0.1) is 18.5 Å². The van der Waals surface area contributed by atoms with Crippen LogP contribution in [0.3, 0.4) is 0 Å². The molecule has 32 heavy (non-hydrogen) atoms. The molecule has 0 atom stereocenters. The van der Waals surface area contributed by atoms with Gasteiger partial charge in [0.2, 0.25) is 5.91 Å². The number of amides is 2. The first-order chi connectivity index (χ1) is 15.1. The third-order valence-corrected chi connectivity index (χ3v) is 4.59. The van der Waals surface area contributed by atoms with Crippen LogP contribution >= 0.6 is 0 Å². The summed E-state index contributed by atoms with van der Waals surface area (Å²) < 4.78 is 42.8. The molecule has 0 aliphatic rings. The van der Waals surface area contributed by atoms with Crippen molar-refractivity contribution >= 4 is 23.5 Å². The lowest BCUT2D eigenvalue weighted by Gasteiger charge is -2.21. The Morgan fingerprint density at radius 3 is 2.28 bits per heavy atom. The summed E-state index contributed by atoms with van der Waals surface area (Å²) in [6, 6.07) is 11.4. The molecule has 0 fully saturated rings. The minimum atomic E-state index is -4.46. The molecule has 0 unspecified atom stereocenters. The van der Waals surface area contributed by atoms with E-state index in [1.54, 1.807) is 12.1 Å². The van der Waals surface area contributed by atoms with Gasteiger partial charge < -0.3 is 15.0 Å². The van der Waals surface area contributed by atoms with Crippen molar-refractivity contribution in [3.8, 4) is 0 Å². The minimum absolute atomic E-state index is 0.197. The van der Waals surface area contributed by atoms with E-state index in [1.807, 2.05) is 26.0 Å². The molecular weight excluding hydrogens is 425 g/mol. The van der Waals surface area contributed by atoms with Crippen LogP contribution in [0.15, 0.2) is 48.5 Å². The highest BCUT2D eigenvalue weighted by Crippen LogP contribution is 2.29. The maximum Gasteiger partial charge on any atom is 0.416 e. The van der Waals surface area contributed by atoms with Gasteiger partial charge in [-0.05, 0) is 42.7 Å². The van der Waals surface area contributed by atoms with E-state index in [-0.39, 0.29) is 18.9 Å². The summed E-state index contributed by atoms with van der Waals surface area (Å²) in [6.07, 6.45) is -4.13. The molecule has 2 aromatic rings. The van der Waals surface area contributed by atoms with Crippen LogP contribution < -0.4 is 5.32 Å². The van der Waals surface area contributed by atoms with Crippen LogP contribution in [-0.2, 0) is 31.7 Å². The number of hydrogen-bond acceptors (Lipinski definition) is 4. The molecule has 0 saturated carbocycles. The van der Waals surface area contributed by atoms with Gasteiger partial charge in [-0.3, -0.25) is 14.4 Å². The molecule has 1 N–H and O–H groups in total. The summed E-state index contributed by atoms with van der Waals surface area (Å²) in [5.74, 6) is -1.66. The van der Waals surface area contributed by atoms with Gasteiger partial charge in [0.15, 0.2) is 6.61 Å². The molecular formula is C23H25F3N2O4. The van der Waals surface area contributed by atoms with Gasteiger partial charge in [-0.15, -0.1) is 0 Å². The normalized spacial score (nSPS) is 11.0. The summed E-state index contributed by atoms with van der Waals surface area (Å²) in [4.78, 5) is 38.1. The predicted molar refractivity (Wildman–Crippen MR) is 113 cm³/mol. The maximum atomic E-state index is 12.6. The third kappa shape index (κ3) is 7.72. The third-order valence-electron chi connectivity index (χ3n) is 4.59. The monoisotopic (exact) mass is 450 g/mol. The van der Waals surface area contributed by atoms with Gasteiger partial charge in [-0.1, -0.05) is 37.3 Å². The van der Waals surface area contributed by atoms with Crippen molar-refractivity contribution in [2.45, 2.75) is 32.9 Å². The van der Waals surface area contributed by atoms with Crippen molar-refractivity contribution in [1.29, 1.82) is 0 Å². The van der Waals surface area contributed by atoms with Gasteiger partial charge in [-0.2, -0.15) is 13.2 Å². The summed E-state index contributed by atoms with van der Waals surface area (Å²) in [6.45, 7) is 3.24. The Hall–Kier alpha value is -3.36. The first-order valence-electron chi connectivity index (χ1n) is 10.0. The minimum Gasteiger partial charge on any atom is -0.455 e. The van der Waals surface area contributed by atoms with Crippen molar-refractivity contribution < 1.29 is 32.3 Å². The number of aryl methyl sites for hydroxylation is 1. The Labute approximate surface area is 184 Å². The first kappa shape index (κ1) is 24.9. The molecule has 0 aliphatic carbocycles. The Morgan fingerprint density at radius 1 is 1.03 bits per heavy atom. The van der Waals surface area contributed by atoms with Crippen LogP contribution in [0.2, 0.25) is 0 Å². The fourth-order valence-corrected chi connectivity index (χ4v) is 2.90. The van der Waals surface area contributed by atoms with Crippen molar-refractivity contribution in [3.05, 3.63) is 65.2 Å². The lowest BCUT2D eigenvalue weighted by atomic mass is 10.1. The molecule has 6 nitrogen and oxygen atoms in total. The topological polar surface area (TPSA) is 75.7 Å². The van der Waals surface area contributed by atoms with Crippen molar-refractivity contribution in [3.63, 3.8) is 0 Å². The standard InChI is InChI=1S/C23H25F3N2O4/c1-3-12-28(14-20(29)27-19-7-5-4-6-16(19)2)21(30)15-32-22(31)13-17-8-10-18(11-9-17)23(24,25)26/h4-11H,3,12-15H2,1-2H3,(H,27,29). The van der Waals surface area contributed by atoms with Crippen LogP contribution in [0.25, 0.3) is 0 Å². The van der Waals surface area contributed by atoms with Crippen molar-refractivity contribution in [2.24, 2.45) is 0 Å². The number of carbonyl (C=O) groups is 3. The average molecular weight is 450 g/mol. The summed E-state index contributed by atoms with van der Waals surface area (Å²) in [5.41, 5.74) is 1.04. The van der Waals surface area contributed by atoms with Gasteiger partial charge in [-0.25, -0.2) is 0 Å². The van der Waals surface area contributed by atoms with E-state index in [4.69, 9.17) is 4.74 Å². The molecule has 172 valence electrons. The van der Waals surface area contributed by atoms with E-state index in [2.05, 4.69) is 5.32 Å². The number of para-hydroxylation sites is 1. The predicted octanol–water partition coefficient (Wildman–Crippen LogP) is 3.98. The molecule has 0 bridgehead atoms. The second kappa shape index (κ2) is 11.3. The number of anilines is 1. The molecule has 0 spiro atoms. The van der Waals surface area contributed by atoms with Crippen molar-refractivity contribution in [2.75, 3.05) is 25.0 Å². The summed E-state index contributed by atoms with van der Waals surface area (Å²) in [7, 11) is 0. The second-order valence-corrected chi connectivity index (χ2v) is 7.21. The average Bonchev–Trinajstić information content (AvgIpc) is 2.73. The number of halogens is 3. The molecule has 0 heterocycles. The molecule has 0 radical (unpaired) electrons. The smallest absolute Gasteiger partial charge is 0.416 e. The van der Waals surface area contributed by atoms with E-state index in [9.17, 15) is 27.6 Å². The Morgan fingerprint density at radius 2 is 1.69 bits per heavy atom. The summed E-state index contributed by atoms with van der Waals surface area (Å²) >= 11 is 0. The fourth-order valence-electron chi connectivity index (χ4n) is 2.90. The zero-order valence-corrected chi connectivity index (χ0v) is 17.9. The largest absolute Gasteiger partial charge is 0.455 e. The summed E-state index contributed by atoms with van der Waals surface area (Å²) in [5, 5.41) is 2.75. The van der Waals surface area contributed by atoms with Gasteiger partial charge in [0.1, 0.15) is 0 Å². The SMILES string of the molecule is CCCN(CC(=O)Nc1ccccc1C)C(=O)COC(=O)Cc1ccc(C(F)(F)F)cc1. The molecule has 9 heteroatoms. The van der Waals surface area contributed by atoms with E-state index < -0.39 is 30.2 Å². The van der Waals surface area contributed by atoms with E-state index in [1.165, 1.54) is 17.0 Å². The highest BCUT2D eigenvalue weighted by Gasteiger charge is 2.30. The van der Waals surface area contributed by atoms with E-state index >= 15 is 0 Å². The molecule has 0 aromatic heterocycles. The number of hydrogen-bond donors (Lipinski definition) is 1. The zero-order valence-electron chi connectivity index (χ0n) is 17.9. The zero-order chi connectivity index (χ0) is 23.7. The number of rotatable bonds is 9. The Balaban J connectivity index is 1.87. The Bertz CT molecular complexity index is 943. The number of ether oxygens (including phenoxy) is 1. The molecule has 2 rings (SSSR count). The quantitative estimate of drug-likeness (QED) is 0.587. The number of esters is 1. The first-order valence-corrected chi connectivity index (χ1v) is 10.0. The van der Waals surface area contributed by atoms with Crippen molar-refractivity contribution in [1.82, 2.24) is 4.90 Å². The van der Waals surface area contributed by atoms with Crippen LogP contribution in [-0.4, -0.2) is 42.4 Å².